The molecule has 4 nitrogen and oxygen atoms in total. The van der Waals surface area contributed by atoms with Crippen LogP contribution in [0.1, 0.15) is 37.9 Å². The molecule has 1 aromatic rings. The molecular weight excluding hydrogens is 250 g/mol. The number of aromatic nitrogens is 1. The van der Waals surface area contributed by atoms with Crippen LogP contribution in [-0.4, -0.2) is 41.0 Å². The molecule has 1 aliphatic rings. The first-order valence-electron chi connectivity index (χ1n) is 7.51. The largest absolute Gasteiger partial charge is 0.338 e. The Morgan fingerprint density at radius 3 is 2.95 bits per heavy atom. The Kier molecular flexibility index (Phi) is 5.12. The maximum Gasteiger partial charge on any atom is 0.228 e. The summed E-state index contributed by atoms with van der Waals surface area (Å²) in [4.78, 5) is 18.9. The molecule has 2 heterocycles. The fourth-order valence-electron chi connectivity index (χ4n) is 2.70. The van der Waals surface area contributed by atoms with Gasteiger partial charge in [-0.3, -0.25) is 9.78 Å². The molecule has 0 aromatic carbocycles. The van der Waals surface area contributed by atoms with Crippen molar-refractivity contribution in [3.8, 4) is 0 Å². The van der Waals surface area contributed by atoms with Crippen LogP contribution in [0.5, 0.6) is 0 Å². The van der Waals surface area contributed by atoms with Crippen LogP contribution in [0.3, 0.4) is 0 Å². The van der Waals surface area contributed by atoms with E-state index < -0.39 is 0 Å². The van der Waals surface area contributed by atoms with Crippen LogP contribution in [0.2, 0.25) is 0 Å². The summed E-state index contributed by atoms with van der Waals surface area (Å²) in [5, 5.41) is 3.46. The summed E-state index contributed by atoms with van der Waals surface area (Å²) < 4.78 is 0. The van der Waals surface area contributed by atoms with Crippen LogP contribution in [0.25, 0.3) is 0 Å². The maximum absolute atomic E-state index is 12.6. The van der Waals surface area contributed by atoms with E-state index in [1.807, 2.05) is 24.0 Å². The molecule has 1 saturated heterocycles. The van der Waals surface area contributed by atoms with E-state index in [9.17, 15) is 4.79 Å². The molecule has 1 aromatic heterocycles. The Morgan fingerprint density at radius 2 is 2.35 bits per heavy atom. The van der Waals surface area contributed by atoms with Crippen LogP contribution in [0.15, 0.2) is 18.3 Å². The van der Waals surface area contributed by atoms with E-state index in [4.69, 9.17) is 0 Å². The number of hydrogen-bond donors (Lipinski definition) is 1. The molecule has 1 N–H and O–H groups in total. The maximum atomic E-state index is 12.6. The lowest BCUT2D eigenvalue weighted by atomic mass is 10.1. The van der Waals surface area contributed by atoms with Gasteiger partial charge in [-0.25, -0.2) is 0 Å². The standard InChI is InChI=1S/C16H25N3O/c1-12(2)19(11-14-7-5-8-17-14)16(20)10-15-13(3)6-4-9-18-15/h4,6,9,12,14,17H,5,7-8,10-11H2,1-3H3. The zero-order valence-corrected chi connectivity index (χ0v) is 12.7. The monoisotopic (exact) mass is 275 g/mol. The van der Waals surface area contributed by atoms with Gasteiger partial charge < -0.3 is 10.2 Å². The number of pyridine rings is 1. The third kappa shape index (κ3) is 3.79. The second kappa shape index (κ2) is 6.84. The molecule has 0 radical (unpaired) electrons. The lowest BCUT2D eigenvalue weighted by Crippen LogP contribution is -2.45. The van der Waals surface area contributed by atoms with Crippen LogP contribution < -0.4 is 5.32 Å². The Labute approximate surface area is 121 Å². The molecule has 1 unspecified atom stereocenters. The lowest BCUT2D eigenvalue weighted by Gasteiger charge is -2.29. The van der Waals surface area contributed by atoms with E-state index >= 15 is 0 Å². The van der Waals surface area contributed by atoms with E-state index in [0.717, 1.165) is 24.3 Å². The van der Waals surface area contributed by atoms with Crippen LogP contribution in [0, 0.1) is 6.92 Å². The molecule has 0 saturated carbocycles. The summed E-state index contributed by atoms with van der Waals surface area (Å²) in [6, 6.07) is 4.60. The molecule has 1 amide bonds. The van der Waals surface area contributed by atoms with E-state index in [2.05, 4.69) is 24.1 Å². The molecule has 1 fully saturated rings. The molecule has 0 bridgehead atoms. The van der Waals surface area contributed by atoms with Gasteiger partial charge in [-0.15, -0.1) is 0 Å². The first kappa shape index (κ1) is 15.0. The number of carbonyl (C=O) groups is 1. The zero-order valence-electron chi connectivity index (χ0n) is 12.7. The molecule has 20 heavy (non-hydrogen) atoms. The molecule has 1 atom stereocenters. The van der Waals surface area contributed by atoms with Crippen molar-refractivity contribution in [1.82, 2.24) is 15.2 Å². The van der Waals surface area contributed by atoms with Crippen LogP contribution in [-0.2, 0) is 11.2 Å². The summed E-state index contributed by atoms with van der Waals surface area (Å²) >= 11 is 0. The minimum Gasteiger partial charge on any atom is -0.338 e. The quantitative estimate of drug-likeness (QED) is 0.893. The van der Waals surface area contributed by atoms with E-state index in [-0.39, 0.29) is 11.9 Å². The second-order valence-corrected chi connectivity index (χ2v) is 5.88. The molecule has 110 valence electrons. The number of rotatable bonds is 5. The second-order valence-electron chi connectivity index (χ2n) is 5.88. The fraction of sp³-hybridized carbons (Fsp3) is 0.625. The molecule has 0 aliphatic carbocycles. The van der Waals surface area contributed by atoms with Gasteiger partial charge in [-0.2, -0.15) is 0 Å². The SMILES string of the molecule is Cc1cccnc1CC(=O)N(CC1CCCN1)C(C)C. The highest BCUT2D eigenvalue weighted by molar-refractivity contribution is 5.79. The summed E-state index contributed by atoms with van der Waals surface area (Å²) in [6.45, 7) is 8.05. The molecule has 4 heteroatoms. The van der Waals surface area contributed by atoms with Crippen LogP contribution in [0.4, 0.5) is 0 Å². The molecule has 1 aliphatic heterocycles. The van der Waals surface area contributed by atoms with Crippen molar-refractivity contribution in [2.24, 2.45) is 0 Å². The van der Waals surface area contributed by atoms with Gasteiger partial charge in [0.05, 0.1) is 12.1 Å². The summed E-state index contributed by atoms with van der Waals surface area (Å²) in [7, 11) is 0. The molecular formula is C16H25N3O. The predicted octanol–water partition coefficient (Wildman–Crippen LogP) is 1.92. The van der Waals surface area contributed by atoms with Crippen molar-refractivity contribution >= 4 is 5.91 Å². The van der Waals surface area contributed by atoms with Crippen molar-refractivity contribution in [2.75, 3.05) is 13.1 Å². The smallest absolute Gasteiger partial charge is 0.228 e. The van der Waals surface area contributed by atoms with Gasteiger partial charge in [0.2, 0.25) is 5.91 Å². The Balaban J connectivity index is 2.01. The van der Waals surface area contributed by atoms with Crippen molar-refractivity contribution < 1.29 is 4.79 Å². The third-order valence-electron chi connectivity index (χ3n) is 3.96. The highest BCUT2D eigenvalue weighted by Crippen LogP contribution is 2.12. The number of amides is 1. The average molecular weight is 275 g/mol. The zero-order chi connectivity index (χ0) is 14.5. The Bertz CT molecular complexity index is 453. The van der Waals surface area contributed by atoms with Gasteiger partial charge in [-0.1, -0.05) is 6.07 Å². The molecule has 0 spiro atoms. The number of nitrogens with one attached hydrogen (secondary N) is 1. The van der Waals surface area contributed by atoms with Gasteiger partial charge in [-0.05, 0) is 51.8 Å². The minimum atomic E-state index is 0.176. The van der Waals surface area contributed by atoms with Crippen molar-refractivity contribution in [3.63, 3.8) is 0 Å². The number of hydrogen-bond acceptors (Lipinski definition) is 3. The molecule has 2 rings (SSSR count). The van der Waals surface area contributed by atoms with Gasteiger partial charge in [0.15, 0.2) is 0 Å². The predicted molar refractivity (Wildman–Crippen MR) is 80.6 cm³/mol. The van der Waals surface area contributed by atoms with Crippen molar-refractivity contribution in [3.05, 3.63) is 29.6 Å². The van der Waals surface area contributed by atoms with Gasteiger partial charge in [0, 0.05) is 24.8 Å². The van der Waals surface area contributed by atoms with Gasteiger partial charge in [0.1, 0.15) is 0 Å². The topological polar surface area (TPSA) is 45.2 Å². The van der Waals surface area contributed by atoms with E-state index in [1.165, 1.54) is 12.8 Å². The number of carbonyl (C=O) groups excluding carboxylic acids is 1. The summed E-state index contributed by atoms with van der Waals surface area (Å²) in [6.07, 6.45) is 4.54. The van der Waals surface area contributed by atoms with Crippen molar-refractivity contribution in [2.45, 2.75) is 52.1 Å². The highest BCUT2D eigenvalue weighted by Gasteiger charge is 2.24. The normalized spacial score (nSPS) is 18.5. The van der Waals surface area contributed by atoms with Crippen molar-refractivity contribution in [1.29, 1.82) is 0 Å². The summed E-state index contributed by atoms with van der Waals surface area (Å²) in [5.41, 5.74) is 1.98. The summed E-state index contributed by atoms with van der Waals surface area (Å²) in [5.74, 6) is 0.176. The van der Waals surface area contributed by atoms with Gasteiger partial charge >= 0.3 is 0 Å². The lowest BCUT2D eigenvalue weighted by molar-refractivity contribution is -0.132. The third-order valence-corrected chi connectivity index (χ3v) is 3.96. The van der Waals surface area contributed by atoms with Gasteiger partial charge in [0.25, 0.3) is 0 Å². The minimum absolute atomic E-state index is 0.176. The fourth-order valence-corrected chi connectivity index (χ4v) is 2.70. The Morgan fingerprint density at radius 1 is 1.55 bits per heavy atom. The first-order chi connectivity index (χ1) is 9.58. The number of aryl methyl sites for hydroxylation is 1. The highest BCUT2D eigenvalue weighted by atomic mass is 16.2. The average Bonchev–Trinajstić information content (AvgIpc) is 2.91. The number of nitrogens with zero attached hydrogens (tertiary/aromatic N) is 2. The van der Waals surface area contributed by atoms with Crippen LogP contribution >= 0.6 is 0 Å². The van der Waals surface area contributed by atoms with E-state index in [0.29, 0.717) is 12.5 Å². The van der Waals surface area contributed by atoms with E-state index in [1.54, 1.807) is 6.20 Å². The Hall–Kier alpha value is -1.42. The first-order valence-corrected chi connectivity index (χ1v) is 7.51.